The van der Waals surface area contributed by atoms with Gasteiger partial charge < -0.3 is 10.2 Å². The molecule has 1 N–H and O–H groups in total. The van der Waals surface area contributed by atoms with E-state index >= 15 is 0 Å². The predicted molar refractivity (Wildman–Crippen MR) is 156 cm³/mol. The van der Waals surface area contributed by atoms with Crippen LogP contribution in [0.15, 0.2) is 77.7 Å². The zero-order valence-electron chi connectivity index (χ0n) is 23.0. The fraction of sp³-hybridized carbons (Fsp3) is 0.333. The SMILES string of the molecule is Cc1cccc(CN(C(=O)CN(c2cccc(Cl)c2C)S(=O)(=O)c2ccccc2)[C@@H](C)C(=O)NCC(C)C)c1. The van der Waals surface area contributed by atoms with Crippen molar-refractivity contribution in [3.8, 4) is 0 Å². The van der Waals surface area contributed by atoms with E-state index in [1.807, 2.05) is 45.0 Å². The van der Waals surface area contributed by atoms with E-state index in [-0.39, 0.29) is 23.3 Å². The molecule has 7 nitrogen and oxygen atoms in total. The van der Waals surface area contributed by atoms with E-state index in [1.54, 1.807) is 50.2 Å². The van der Waals surface area contributed by atoms with Crippen molar-refractivity contribution in [2.75, 3.05) is 17.4 Å². The highest BCUT2D eigenvalue weighted by atomic mass is 35.5. The number of carbonyl (C=O) groups is 2. The van der Waals surface area contributed by atoms with Gasteiger partial charge >= 0.3 is 0 Å². The molecular formula is C30H36ClN3O4S. The zero-order valence-corrected chi connectivity index (χ0v) is 24.6. The summed E-state index contributed by atoms with van der Waals surface area (Å²) in [5, 5.41) is 3.27. The van der Waals surface area contributed by atoms with Crippen LogP contribution in [0.2, 0.25) is 5.02 Å². The lowest BCUT2D eigenvalue weighted by molar-refractivity contribution is -0.139. The van der Waals surface area contributed by atoms with E-state index in [0.717, 1.165) is 15.4 Å². The van der Waals surface area contributed by atoms with Gasteiger partial charge in [0.1, 0.15) is 12.6 Å². The molecule has 39 heavy (non-hydrogen) atoms. The quantitative estimate of drug-likeness (QED) is 0.338. The van der Waals surface area contributed by atoms with Crippen molar-refractivity contribution in [1.82, 2.24) is 10.2 Å². The second-order valence-electron chi connectivity index (χ2n) is 10.0. The van der Waals surface area contributed by atoms with Gasteiger partial charge in [0.15, 0.2) is 0 Å². The first-order valence-electron chi connectivity index (χ1n) is 12.9. The molecule has 9 heteroatoms. The molecule has 0 fully saturated rings. The molecule has 3 aromatic carbocycles. The van der Waals surface area contributed by atoms with Crippen LogP contribution in [0.1, 0.15) is 37.5 Å². The van der Waals surface area contributed by atoms with E-state index in [4.69, 9.17) is 11.6 Å². The third-order valence-electron chi connectivity index (χ3n) is 6.41. The Hall–Kier alpha value is -3.36. The number of benzene rings is 3. The molecule has 2 amide bonds. The van der Waals surface area contributed by atoms with Gasteiger partial charge in [-0.2, -0.15) is 0 Å². The number of nitrogens with zero attached hydrogens (tertiary/aromatic N) is 2. The van der Waals surface area contributed by atoms with E-state index in [2.05, 4.69) is 5.32 Å². The monoisotopic (exact) mass is 569 g/mol. The van der Waals surface area contributed by atoms with Crippen LogP contribution in [0.5, 0.6) is 0 Å². The number of rotatable bonds is 11. The van der Waals surface area contributed by atoms with Gasteiger partial charge in [-0.3, -0.25) is 13.9 Å². The maximum Gasteiger partial charge on any atom is 0.264 e. The summed E-state index contributed by atoms with van der Waals surface area (Å²) < 4.78 is 28.8. The zero-order chi connectivity index (χ0) is 28.7. The molecule has 0 aliphatic heterocycles. The van der Waals surface area contributed by atoms with Gasteiger partial charge in [-0.05, 0) is 62.1 Å². The summed E-state index contributed by atoms with van der Waals surface area (Å²) in [7, 11) is -4.14. The molecule has 1 atom stereocenters. The molecule has 3 aromatic rings. The highest BCUT2D eigenvalue weighted by Gasteiger charge is 2.33. The molecule has 0 saturated heterocycles. The summed E-state index contributed by atoms with van der Waals surface area (Å²) in [4.78, 5) is 28.5. The molecule has 0 radical (unpaired) electrons. The first-order valence-corrected chi connectivity index (χ1v) is 14.7. The van der Waals surface area contributed by atoms with Crippen molar-refractivity contribution in [3.63, 3.8) is 0 Å². The molecule has 0 bridgehead atoms. The normalized spacial score (nSPS) is 12.2. The Balaban J connectivity index is 2.04. The van der Waals surface area contributed by atoms with Crippen molar-refractivity contribution in [1.29, 1.82) is 0 Å². The van der Waals surface area contributed by atoms with E-state index in [0.29, 0.717) is 22.8 Å². The van der Waals surface area contributed by atoms with Crippen LogP contribution in [-0.4, -0.2) is 44.3 Å². The summed E-state index contributed by atoms with van der Waals surface area (Å²) in [5.74, 6) is -0.580. The minimum absolute atomic E-state index is 0.0464. The third-order valence-corrected chi connectivity index (χ3v) is 8.59. The lowest BCUT2D eigenvalue weighted by Crippen LogP contribution is -2.51. The van der Waals surface area contributed by atoms with Crippen molar-refractivity contribution in [2.45, 2.75) is 52.1 Å². The molecule has 3 rings (SSSR count). The molecule has 0 aromatic heterocycles. The van der Waals surface area contributed by atoms with Gasteiger partial charge in [0, 0.05) is 18.1 Å². The average Bonchev–Trinajstić information content (AvgIpc) is 2.90. The van der Waals surface area contributed by atoms with Crippen LogP contribution in [0.3, 0.4) is 0 Å². The van der Waals surface area contributed by atoms with Gasteiger partial charge in [-0.1, -0.05) is 79.5 Å². The maximum absolute atomic E-state index is 14.0. The summed E-state index contributed by atoms with van der Waals surface area (Å²) in [6, 6.07) is 19.7. The Morgan fingerprint density at radius 1 is 0.923 bits per heavy atom. The van der Waals surface area contributed by atoms with Gasteiger partial charge in [0.2, 0.25) is 11.8 Å². The van der Waals surface area contributed by atoms with Gasteiger partial charge in [0.25, 0.3) is 10.0 Å². The number of halogens is 1. The van der Waals surface area contributed by atoms with Crippen molar-refractivity contribution in [3.05, 3.63) is 94.5 Å². The molecule has 208 valence electrons. The average molecular weight is 570 g/mol. The summed E-state index contributed by atoms with van der Waals surface area (Å²) >= 11 is 6.36. The standard InChI is InChI=1S/C30H36ClN3O4S/c1-21(2)18-32-30(36)24(5)33(19-25-12-9-11-22(3)17-25)29(35)20-34(28-16-10-15-27(31)23(28)4)39(37,38)26-13-7-6-8-14-26/h6-17,21,24H,18-20H2,1-5H3,(H,32,36)/t24-/m0/s1. The fourth-order valence-electron chi connectivity index (χ4n) is 4.14. The van der Waals surface area contributed by atoms with Crippen molar-refractivity contribution >= 4 is 39.1 Å². The Kier molecular flexibility index (Phi) is 10.2. The number of amides is 2. The van der Waals surface area contributed by atoms with Gasteiger partial charge in [0.05, 0.1) is 10.6 Å². The number of sulfonamides is 1. The molecule has 0 aliphatic rings. The minimum Gasteiger partial charge on any atom is -0.354 e. The van der Waals surface area contributed by atoms with Crippen LogP contribution in [0.25, 0.3) is 0 Å². The summed E-state index contributed by atoms with van der Waals surface area (Å²) in [5.41, 5.74) is 2.68. The number of nitrogens with one attached hydrogen (secondary N) is 1. The maximum atomic E-state index is 14.0. The molecule has 0 spiro atoms. The number of hydrogen-bond donors (Lipinski definition) is 1. The van der Waals surface area contributed by atoms with E-state index in [1.165, 1.54) is 17.0 Å². The van der Waals surface area contributed by atoms with E-state index < -0.39 is 28.5 Å². The van der Waals surface area contributed by atoms with Crippen LogP contribution in [0, 0.1) is 19.8 Å². The predicted octanol–water partition coefficient (Wildman–Crippen LogP) is 5.34. The Morgan fingerprint density at radius 3 is 2.23 bits per heavy atom. The third kappa shape index (κ3) is 7.61. The van der Waals surface area contributed by atoms with Crippen LogP contribution < -0.4 is 9.62 Å². The highest BCUT2D eigenvalue weighted by Crippen LogP contribution is 2.31. The summed E-state index contributed by atoms with van der Waals surface area (Å²) in [6.07, 6.45) is 0. The first kappa shape index (κ1) is 30.2. The Morgan fingerprint density at radius 2 is 1.59 bits per heavy atom. The van der Waals surface area contributed by atoms with Gasteiger partial charge in [-0.15, -0.1) is 0 Å². The van der Waals surface area contributed by atoms with Gasteiger partial charge in [-0.25, -0.2) is 8.42 Å². The lowest BCUT2D eigenvalue weighted by Gasteiger charge is -2.32. The number of hydrogen-bond acceptors (Lipinski definition) is 4. The van der Waals surface area contributed by atoms with Crippen LogP contribution in [0.4, 0.5) is 5.69 Å². The Labute approximate surface area is 236 Å². The number of aryl methyl sites for hydroxylation is 1. The topological polar surface area (TPSA) is 86.8 Å². The second kappa shape index (κ2) is 13.1. The Bertz CT molecular complexity index is 1410. The van der Waals surface area contributed by atoms with Crippen LogP contribution in [-0.2, 0) is 26.2 Å². The lowest BCUT2D eigenvalue weighted by atomic mass is 10.1. The number of carbonyl (C=O) groups excluding carboxylic acids is 2. The second-order valence-corrected chi connectivity index (χ2v) is 12.3. The van der Waals surface area contributed by atoms with Crippen LogP contribution >= 0.6 is 11.6 Å². The van der Waals surface area contributed by atoms with Crippen molar-refractivity contribution in [2.24, 2.45) is 5.92 Å². The molecular weight excluding hydrogens is 534 g/mol. The number of anilines is 1. The van der Waals surface area contributed by atoms with E-state index in [9.17, 15) is 18.0 Å². The molecule has 0 saturated carbocycles. The summed E-state index contributed by atoms with van der Waals surface area (Å²) in [6.45, 7) is 9.39. The fourth-order valence-corrected chi connectivity index (χ4v) is 5.80. The molecule has 0 heterocycles. The smallest absolute Gasteiger partial charge is 0.264 e. The minimum atomic E-state index is -4.14. The first-order chi connectivity index (χ1) is 18.4. The molecule has 0 unspecified atom stereocenters. The molecule has 0 aliphatic carbocycles. The van der Waals surface area contributed by atoms with Crippen molar-refractivity contribution < 1.29 is 18.0 Å². The highest BCUT2D eigenvalue weighted by molar-refractivity contribution is 7.92. The largest absolute Gasteiger partial charge is 0.354 e.